The summed E-state index contributed by atoms with van der Waals surface area (Å²) in [5.41, 5.74) is 2.51. The second kappa shape index (κ2) is 8.60. The number of benzene rings is 1. The molecule has 0 amide bonds. The second-order valence-corrected chi connectivity index (χ2v) is 6.32. The summed E-state index contributed by atoms with van der Waals surface area (Å²) < 4.78 is 0. The first-order valence-corrected chi connectivity index (χ1v) is 7.89. The Morgan fingerprint density at radius 2 is 2.00 bits per heavy atom. The lowest BCUT2D eigenvalue weighted by atomic mass is 9.97. The van der Waals surface area contributed by atoms with E-state index in [0.29, 0.717) is 6.04 Å². The molecule has 19 heavy (non-hydrogen) atoms. The van der Waals surface area contributed by atoms with Gasteiger partial charge in [-0.15, -0.1) is 0 Å². The minimum Gasteiger partial charge on any atom is -0.314 e. The highest BCUT2D eigenvalue weighted by molar-refractivity contribution is 6.31. The zero-order valence-corrected chi connectivity index (χ0v) is 13.6. The van der Waals surface area contributed by atoms with E-state index in [4.69, 9.17) is 11.6 Å². The third kappa shape index (κ3) is 6.44. The Morgan fingerprint density at radius 1 is 1.26 bits per heavy atom. The minimum absolute atomic E-state index is 0.609. The number of nitrogens with one attached hydrogen (secondary N) is 1. The van der Waals surface area contributed by atoms with E-state index in [9.17, 15) is 0 Å². The van der Waals surface area contributed by atoms with Crippen molar-refractivity contribution in [3.8, 4) is 0 Å². The van der Waals surface area contributed by atoms with Gasteiger partial charge >= 0.3 is 0 Å². The van der Waals surface area contributed by atoms with E-state index in [0.717, 1.165) is 23.9 Å². The fourth-order valence-electron chi connectivity index (χ4n) is 2.41. The Bertz CT molecular complexity index is 374. The Kier molecular flexibility index (Phi) is 7.48. The van der Waals surface area contributed by atoms with Gasteiger partial charge in [0.15, 0.2) is 0 Å². The van der Waals surface area contributed by atoms with Crippen LogP contribution in [0.1, 0.15) is 51.2 Å². The largest absolute Gasteiger partial charge is 0.314 e. The first-order chi connectivity index (χ1) is 9.02. The molecule has 0 heterocycles. The van der Waals surface area contributed by atoms with Crippen molar-refractivity contribution in [2.45, 2.75) is 59.4 Å². The van der Waals surface area contributed by atoms with E-state index >= 15 is 0 Å². The molecule has 108 valence electrons. The van der Waals surface area contributed by atoms with Gasteiger partial charge in [-0.1, -0.05) is 44.5 Å². The topological polar surface area (TPSA) is 12.0 Å². The normalized spacial score (nSPS) is 12.9. The zero-order valence-electron chi connectivity index (χ0n) is 12.8. The maximum Gasteiger partial charge on any atom is 0.0440 e. The van der Waals surface area contributed by atoms with E-state index in [2.05, 4.69) is 51.2 Å². The highest BCUT2D eigenvalue weighted by Crippen LogP contribution is 2.20. The predicted molar refractivity (Wildman–Crippen MR) is 86.0 cm³/mol. The molecule has 0 bridgehead atoms. The molecule has 0 saturated heterocycles. The Labute approximate surface area is 123 Å². The lowest BCUT2D eigenvalue weighted by molar-refractivity contribution is 0.398. The van der Waals surface area contributed by atoms with Crippen LogP contribution in [-0.2, 0) is 6.42 Å². The van der Waals surface area contributed by atoms with Crippen molar-refractivity contribution in [2.24, 2.45) is 5.92 Å². The van der Waals surface area contributed by atoms with Crippen molar-refractivity contribution in [1.82, 2.24) is 5.32 Å². The van der Waals surface area contributed by atoms with Crippen molar-refractivity contribution in [1.29, 1.82) is 0 Å². The molecule has 1 rings (SSSR count). The van der Waals surface area contributed by atoms with E-state index in [1.807, 2.05) is 0 Å². The van der Waals surface area contributed by atoms with Gasteiger partial charge in [0.1, 0.15) is 0 Å². The predicted octanol–water partition coefficient (Wildman–Crippen LogP) is 5.00. The van der Waals surface area contributed by atoms with Gasteiger partial charge in [-0.2, -0.15) is 0 Å². The molecule has 0 fully saturated rings. The van der Waals surface area contributed by atoms with Gasteiger partial charge in [-0.25, -0.2) is 0 Å². The quantitative estimate of drug-likeness (QED) is 0.707. The van der Waals surface area contributed by atoms with Crippen LogP contribution >= 0.6 is 11.6 Å². The van der Waals surface area contributed by atoms with E-state index in [1.165, 1.54) is 30.4 Å². The summed E-state index contributed by atoms with van der Waals surface area (Å²) >= 11 is 6.30. The number of halogens is 1. The lowest BCUT2D eigenvalue weighted by Gasteiger charge is -2.20. The van der Waals surface area contributed by atoms with E-state index in [1.54, 1.807) is 0 Å². The minimum atomic E-state index is 0.609. The number of aryl methyl sites for hydroxylation is 2. The lowest BCUT2D eigenvalue weighted by Crippen LogP contribution is -2.31. The van der Waals surface area contributed by atoms with Gasteiger partial charge < -0.3 is 5.32 Å². The Balaban J connectivity index is 2.54. The van der Waals surface area contributed by atoms with Crippen LogP contribution in [0.5, 0.6) is 0 Å². The Morgan fingerprint density at radius 3 is 2.58 bits per heavy atom. The average Bonchev–Trinajstić information content (AvgIpc) is 2.33. The molecular weight excluding hydrogens is 254 g/mol. The summed E-state index contributed by atoms with van der Waals surface area (Å²) in [6.45, 7) is 9.99. The maximum atomic E-state index is 6.30. The molecular formula is C17H28ClN. The molecule has 0 radical (unpaired) electrons. The molecule has 0 aliphatic rings. The molecule has 0 spiro atoms. The van der Waals surface area contributed by atoms with Crippen molar-refractivity contribution < 1.29 is 0 Å². The third-order valence-corrected chi connectivity index (χ3v) is 3.76. The highest BCUT2D eigenvalue weighted by Gasteiger charge is 2.11. The molecule has 2 heteroatoms. The molecule has 1 N–H and O–H groups in total. The van der Waals surface area contributed by atoms with Crippen LogP contribution in [0.3, 0.4) is 0 Å². The van der Waals surface area contributed by atoms with E-state index < -0.39 is 0 Å². The molecule has 1 aromatic carbocycles. The smallest absolute Gasteiger partial charge is 0.0440 e. The fourth-order valence-corrected chi connectivity index (χ4v) is 2.74. The number of rotatable bonds is 8. The van der Waals surface area contributed by atoms with Gasteiger partial charge in [0.05, 0.1) is 0 Å². The molecule has 1 atom stereocenters. The monoisotopic (exact) mass is 281 g/mol. The molecule has 1 nitrogen and oxygen atoms in total. The SMILES string of the molecule is CCCNC(CCc1ccc(C)cc1Cl)CC(C)C. The van der Waals surface area contributed by atoms with Gasteiger partial charge in [0.2, 0.25) is 0 Å². The van der Waals surface area contributed by atoms with Gasteiger partial charge in [0, 0.05) is 11.1 Å². The van der Waals surface area contributed by atoms with Crippen LogP contribution in [0.4, 0.5) is 0 Å². The van der Waals surface area contributed by atoms with Gasteiger partial charge in [-0.05, 0) is 62.3 Å². The van der Waals surface area contributed by atoms with Crippen LogP contribution in [0, 0.1) is 12.8 Å². The van der Waals surface area contributed by atoms with Crippen molar-refractivity contribution in [3.05, 3.63) is 34.3 Å². The average molecular weight is 282 g/mol. The zero-order chi connectivity index (χ0) is 14.3. The number of hydrogen-bond acceptors (Lipinski definition) is 1. The van der Waals surface area contributed by atoms with E-state index in [-0.39, 0.29) is 0 Å². The van der Waals surface area contributed by atoms with Gasteiger partial charge in [0.25, 0.3) is 0 Å². The van der Waals surface area contributed by atoms with Crippen molar-refractivity contribution >= 4 is 11.6 Å². The first kappa shape index (κ1) is 16.5. The highest BCUT2D eigenvalue weighted by atomic mass is 35.5. The summed E-state index contributed by atoms with van der Waals surface area (Å²) in [7, 11) is 0. The fraction of sp³-hybridized carbons (Fsp3) is 0.647. The van der Waals surface area contributed by atoms with Crippen molar-refractivity contribution in [3.63, 3.8) is 0 Å². The summed E-state index contributed by atoms with van der Waals surface area (Å²) in [4.78, 5) is 0. The van der Waals surface area contributed by atoms with Crippen LogP contribution in [-0.4, -0.2) is 12.6 Å². The molecule has 1 aromatic rings. The molecule has 0 aliphatic heterocycles. The summed E-state index contributed by atoms with van der Waals surface area (Å²) in [6, 6.07) is 6.99. The third-order valence-electron chi connectivity index (χ3n) is 3.41. The standard InChI is InChI=1S/C17H28ClN/c1-5-10-19-16(11-13(2)3)9-8-15-7-6-14(4)12-17(15)18/h6-7,12-13,16,19H,5,8-11H2,1-4H3. The second-order valence-electron chi connectivity index (χ2n) is 5.91. The molecule has 0 aromatic heterocycles. The molecule has 0 saturated carbocycles. The van der Waals surface area contributed by atoms with Crippen LogP contribution < -0.4 is 5.32 Å². The summed E-state index contributed by atoms with van der Waals surface area (Å²) in [5, 5.41) is 4.57. The molecule has 1 unspecified atom stereocenters. The molecule has 0 aliphatic carbocycles. The summed E-state index contributed by atoms with van der Waals surface area (Å²) in [5.74, 6) is 0.739. The van der Waals surface area contributed by atoms with Gasteiger partial charge in [-0.3, -0.25) is 0 Å². The van der Waals surface area contributed by atoms with Crippen LogP contribution in [0.2, 0.25) is 5.02 Å². The Hall–Kier alpha value is -0.530. The van der Waals surface area contributed by atoms with Crippen LogP contribution in [0.25, 0.3) is 0 Å². The summed E-state index contributed by atoms with van der Waals surface area (Å²) in [6.07, 6.45) is 4.66. The maximum absolute atomic E-state index is 6.30. The van der Waals surface area contributed by atoms with Crippen LogP contribution in [0.15, 0.2) is 18.2 Å². The number of hydrogen-bond donors (Lipinski definition) is 1. The van der Waals surface area contributed by atoms with Crippen molar-refractivity contribution in [2.75, 3.05) is 6.54 Å². The first-order valence-electron chi connectivity index (χ1n) is 7.51.